The van der Waals surface area contributed by atoms with Gasteiger partial charge in [0.25, 0.3) is 0 Å². The second-order valence-corrected chi connectivity index (χ2v) is 8.03. The lowest BCUT2D eigenvalue weighted by Crippen LogP contribution is -2.39. The highest BCUT2D eigenvalue weighted by molar-refractivity contribution is 6.17. The number of aliphatic imine (C=N–C) groups is 1. The monoisotopic (exact) mass is 379 g/mol. The largest absolute Gasteiger partial charge is 0.378 e. The van der Waals surface area contributed by atoms with Gasteiger partial charge in [-0.15, -0.1) is 0 Å². The van der Waals surface area contributed by atoms with Crippen LogP contribution in [0.15, 0.2) is 41.2 Å². The number of fused-ring (bicyclic) bond motifs is 3. The number of para-hydroxylation sites is 1. The number of carbonyl (C=O) groups is 2. The summed E-state index contributed by atoms with van der Waals surface area (Å²) in [7, 11) is 0. The van der Waals surface area contributed by atoms with Crippen LogP contribution >= 0.6 is 0 Å². The molecule has 5 rings (SSSR count). The molecule has 2 atom stereocenters. The number of rotatable bonds is 3. The first-order valence-electron chi connectivity index (χ1n) is 10.3. The van der Waals surface area contributed by atoms with E-state index in [1.54, 1.807) is 6.08 Å². The normalized spacial score (nSPS) is 26.6. The van der Waals surface area contributed by atoms with Crippen molar-refractivity contribution in [2.24, 2.45) is 4.99 Å². The van der Waals surface area contributed by atoms with E-state index in [1.165, 1.54) is 5.56 Å². The average molecular weight is 379 g/mol. The van der Waals surface area contributed by atoms with Crippen molar-refractivity contribution in [3.05, 3.63) is 41.7 Å². The molecular weight excluding hydrogens is 354 g/mol. The van der Waals surface area contributed by atoms with Gasteiger partial charge in [-0.05, 0) is 24.5 Å². The van der Waals surface area contributed by atoms with Gasteiger partial charge in [-0.25, -0.2) is 4.99 Å². The molecule has 3 heterocycles. The van der Waals surface area contributed by atoms with Crippen LogP contribution in [-0.2, 0) is 14.3 Å². The minimum atomic E-state index is 0.0276. The maximum atomic E-state index is 13.3. The molecule has 0 spiro atoms. The van der Waals surface area contributed by atoms with E-state index < -0.39 is 0 Å². The summed E-state index contributed by atoms with van der Waals surface area (Å²) >= 11 is 0. The summed E-state index contributed by atoms with van der Waals surface area (Å²) in [5.41, 5.74) is 3.03. The molecule has 1 saturated heterocycles. The van der Waals surface area contributed by atoms with Crippen molar-refractivity contribution in [3.8, 4) is 0 Å². The van der Waals surface area contributed by atoms with Crippen LogP contribution in [0, 0.1) is 0 Å². The number of benzene rings is 1. The third-order valence-electron chi connectivity index (χ3n) is 6.31. The highest BCUT2D eigenvalue weighted by Crippen LogP contribution is 2.49. The molecule has 0 aromatic heterocycles. The molecule has 1 aromatic rings. The Balaban J connectivity index is 1.37. The maximum absolute atomic E-state index is 13.3. The van der Waals surface area contributed by atoms with Gasteiger partial charge in [0.15, 0.2) is 5.78 Å². The van der Waals surface area contributed by atoms with E-state index in [-0.39, 0.29) is 30.6 Å². The number of ether oxygens (including phenoxy) is 1. The van der Waals surface area contributed by atoms with Gasteiger partial charge < -0.3 is 14.5 Å². The van der Waals surface area contributed by atoms with Crippen molar-refractivity contribution in [2.75, 3.05) is 31.2 Å². The number of anilines is 1. The molecule has 2 fully saturated rings. The molecule has 2 unspecified atom stereocenters. The molecule has 3 aliphatic heterocycles. The summed E-state index contributed by atoms with van der Waals surface area (Å²) in [6, 6.07) is 8.54. The summed E-state index contributed by atoms with van der Waals surface area (Å²) in [6.07, 6.45) is 5.42. The lowest BCUT2D eigenvalue weighted by atomic mass is 9.98. The molecule has 1 saturated carbocycles. The van der Waals surface area contributed by atoms with Gasteiger partial charge in [0.1, 0.15) is 5.82 Å². The van der Waals surface area contributed by atoms with E-state index in [1.807, 2.05) is 11.0 Å². The molecule has 6 nitrogen and oxygen atoms in total. The van der Waals surface area contributed by atoms with Gasteiger partial charge in [-0.1, -0.05) is 24.6 Å². The first-order chi connectivity index (χ1) is 13.7. The Hall–Kier alpha value is -2.47. The Morgan fingerprint density at radius 2 is 2.00 bits per heavy atom. The van der Waals surface area contributed by atoms with Gasteiger partial charge in [0.05, 0.1) is 19.6 Å². The molecule has 0 N–H and O–H groups in total. The summed E-state index contributed by atoms with van der Waals surface area (Å²) in [5.74, 6) is 1.23. The highest BCUT2D eigenvalue weighted by atomic mass is 16.5. The van der Waals surface area contributed by atoms with E-state index in [9.17, 15) is 9.59 Å². The number of amides is 1. The summed E-state index contributed by atoms with van der Waals surface area (Å²) < 4.78 is 5.39. The summed E-state index contributed by atoms with van der Waals surface area (Å²) in [5, 5.41) is 0. The van der Waals surface area contributed by atoms with Gasteiger partial charge in [-0.2, -0.15) is 0 Å². The van der Waals surface area contributed by atoms with E-state index in [0.29, 0.717) is 30.7 Å². The van der Waals surface area contributed by atoms with Crippen molar-refractivity contribution in [1.29, 1.82) is 0 Å². The number of nitrogens with zero attached hydrogens (tertiary/aromatic N) is 3. The molecular formula is C22H25N3O3. The maximum Gasteiger partial charge on any atom is 0.232 e. The lowest BCUT2D eigenvalue weighted by Gasteiger charge is -2.30. The molecule has 6 heteroatoms. The third-order valence-corrected chi connectivity index (χ3v) is 6.31. The highest BCUT2D eigenvalue weighted by Gasteiger charge is 2.44. The predicted molar refractivity (Wildman–Crippen MR) is 106 cm³/mol. The standard InChI is InChI=1S/C22H25N3O3/c26-16-12-15(23-21(14-16)24-8-10-28-11-9-24)13-22(27)25-19-6-2-1-4-17(19)18-5-3-7-20(18)25/h1-2,4,6,14,18,20H,3,5,7-13H2. The Morgan fingerprint density at radius 3 is 2.86 bits per heavy atom. The van der Waals surface area contributed by atoms with Crippen LogP contribution in [0.5, 0.6) is 0 Å². The van der Waals surface area contributed by atoms with Crippen LogP contribution in [0.2, 0.25) is 0 Å². The van der Waals surface area contributed by atoms with Crippen LogP contribution in [0.4, 0.5) is 5.69 Å². The molecule has 28 heavy (non-hydrogen) atoms. The van der Waals surface area contributed by atoms with E-state index >= 15 is 0 Å². The lowest BCUT2D eigenvalue weighted by molar-refractivity contribution is -0.117. The number of hydrogen-bond donors (Lipinski definition) is 0. The molecule has 1 amide bonds. The van der Waals surface area contributed by atoms with Gasteiger partial charge >= 0.3 is 0 Å². The van der Waals surface area contributed by atoms with Gasteiger partial charge in [-0.3, -0.25) is 9.59 Å². The van der Waals surface area contributed by atoms with Crippen molar-refractivity contribution in [1.82, 2.24) is 4.90 Å². The first kappa shape index (κ1) is 17.6. The number of hydrogen-bond acceptors (Lipinski definition) is 5. The first-order valence-corrected chi connectivity index (χ1v) is 10.3. The number of morpholine rings is 1. The Labute approximate surface area is 164 Å². The SMILES string of the molecule is O=C1C=C(N2CCOCC2)N=C(CC(=O)N2c3ccccc3C3CCCC32)C1. The van der Waals surface area contributed by atoms with E-state index in [4.69, 9.17) is 4.74 Å². The van der Waals surface area contributed by atoms with Crippen LogP contribution < -0.4 is 4.90 Å². The fraction of sp³-hybridized carbons (Fsp3) is 0.500. The van der Waals surface area contributed by atoms with E-state index in [0.717, 1.165) is 38.0 Å². The molecule has 1 aliphatic carbocycles. The second-order valence-electron chi connectivity index (χ2n) is 8.03. The number of ketones is 1. The number of carbonyl (C=O) groups excluding carboxylic acids is 2. The Kier molecular flexibility index (Phi) is 4.51. The zero-order valence-electron chi connectivity index (χ0n) is 16.0. The van der Waals surface area contributed by atoms with Gasteiger partial charge in [0.2, 0.25) is 5.91 Å². The smallest absolute Gasteiger partial charge is 0.232 e. The Morgan fingerprint density at radius 1 is 1.18 bits per heavy atom. The van der Waals surface area contributed by atoms with Gasteiger partial charge in [0, 0.05) is 48.9 Å². The zero-order chi connectivity index (χ0) is 19.1. The molecule has 4 aliphatic rings. The molecule has 1 aromatic carbocycles. The summed E-state index contributed by atoms with van der Waals surface area (Å²) in [4.78, 5) is 34.3. The van der Waals surface area contributed by atoms with E-state index in [2.05, 4.69) is 28.1 Å². The number of allylic oxidation sites excluding steroid dienone is 1. The van der Waals surface area contributed by atoms with Crippen LogP contribution in [0.1, 0.15) is 43.6 Å². The van der Waals surface area contributed by atoms with Crippen LogP contribution in [0.25, 0.3) is 0 Å². The molecule has 146 valence electrons. The van der Waals surface area contributed by atoms with Crippen molar-refractivity contribution >= 4 is 23.1 Å². The fourth-order valence-electron chi connectivity index (χ4n) is 5.08. The molecule has 0 radical (unpaired) electrons. The predicted octanol–water partition coefficient (Wildman–Crippen LogP) is 2.65. The Bertz CT molecular complexity index is 870. The van der Waals surface area contributed by atoms with Crippen molar-refractivity contribution in [3.63, 3.8) is 0 Å². The van der Waals surface area contributed by atoms with Crippen molar-refractivity contribution in [2.45, 2.75) is 44.1 Å². The topological polar surface area (TPSA) is 62.2 Å². The summed E-state index contributed by atoms with van der Waals surface area (Å²) in [6.45, 7) is 2.74. The van der Waals surface area contributed by atoms with Crippen LogP contribution in [0.3, 0.4) is 0 Å². The van der Waals surface area contributed by atoms with Crippen LogP contribution in [-0.4, -0.2) is 54.6 Å². The van der Waals surface area contributed by atoms with Crippen molar-refractivity contribution < 1.29 is 14.3 Å². The minimum Gasteiger partial charge on any atom is -0.378 e. The molecule has 0 bridgehead atoms. The quantitative estimate of drug-likeness (QED) is 0.810. The third kappa shape index (κ3) is 3.05. The minimum absolute atomic E-state index is 0.0276. The zero-order valence-corrected chi connectivity index (χ0v) is 16.0. The average Bonchev–Trinajstić information content (AvgIpc) is 3.29. The fourth-order valence-corrected chi connectivity index (χ4v) is 5.08. The second kappa shape index (κ2) is 7.17.